The molecular weight excluding hydrogens is 366 g/mol. The van der Waals surface area contributed by atoms with Crippen LogP contribution in [-0.2, 0) is 11.2 Å². The van der Waals surface area contributed by atoms with Crippen LogP contribution in [0.4, 0.5) is 5.69 Å². The lowest BCUT2D eigenvalue weighted by molar-refractivity contribution is -0.117. The van der Waals surface area contributed by atoms with Crippen LogP contribution in [0.25, 0.3) is 0 Å². The van der Waals surface area contributed by atoms with Crippen LogP contribution in [0.15, 0.2) is 54.6 Å². The normalized spacial score (nSPS) is 16.3. The highest BCUT2D eigenvalue weighted by Crippen LogP contribution is 2.18. The lowest BCUT2D eigenvalue weighted by Crippen LogP contribution is -2.50. The first kappa shape index (κ1) is 21.3. The van der Waals surface area contributed by atoms with E-state index in [-0.39, 0.29) is 12.5 Å². The molecule has 1 fully saturated rings. The van der Waals surface area contributed by atoms with E-state index < -0.39 is 6.10 Å². The van der Waals surface area contributed by atoms with Crippen molar-refractivity contribution in [3.8, 4) is 5.75 Å². The van der Waals surface area contributed by atoms with Gasteiger partial charge in [0.2, 0.25) is 5.91 Å². The first-order valence-electron chi connectivity index (χ1n) is 10.3. The molecule has 0 saturated carbocycles. The number of hydrogen-bond donors (Lipinski definition) is 2. The van der Waals surface area contributed by atoms with Gasteiger partial charge in [-0.05, 0) is 30.2 Å². The molecule has 2 N–H and O–H groups in total. The summed E-state index contributed by atoms with van der Waals surface area (Å²) in [5.74, 6) is 0.857. The van der Waals surface area contributed by atoms with Crippen molar-refractivity contribution in [1.29, 1.82) is 0 Å². The third kappa shape index (κ3) is 6.85. The molecule has 1 saturated heterocycles. The van der Waals surface area contributed by atoms with Gasteiger partial charge >= 0.3 is 0 Å². The van der Waals surface area contributed by atoms with E-state index in [0.29, 0.717) is 13.1 Å². The maximum Gasteiger partial charge on any atom is 0.238 e. The Hall–Kier alpha value is -2.41. The van der Waals surface area contributed by atoms with Gasteiger partial charge in [-0.3, -0.25) is 14.6 Å². The van der Waals surface area contributed by atoms with Crippen molar-refractivity contribution >= 4 is 11.6 Å². The maximum absolute atomic E-state index is 12.2. The molecule has 1 heterocycles. The average molecular weight is 398 g/mol. The summed E-state index contributed by atoms with van der Waals surface area (Å²) >= 11 is 0. The van der Waals surface area contributed by atoms with E-state index >= 15 is 0 Å². The number of nitrogens with zero attached hydrogens (tertiary/aromatic N) is 2. The van der Waals surface area contributed by atoms with Gasteiger partial charge < -0.3 is 15.2 Å². The second-order valence-electron chi connectivity index (χ2n) is 7.42. The van der Waals surface area contributed by atoms with E-state index in [1.165, 1.54) is 0 Å². The summed E-state index contributed by atoms with van der Waals surface area (Å²) in [6, 6.07) is 17.5. The van der Waals surface area contributed by atoms with Gasteiger partial charge in [-0.2, -0.15) is 0 Å². The number of para-hydroxylation sites is 2. The molecule has 0 aliphatic carbocycles. The molecule has 1 aliphatic rings. The fourth-order valence-electron chi connectivity index (χ4n) is 3.53. The quantitative estimate of drug-likeness (QED) is 0.679. The summed E-state index contributed by atoms with van der Waals surface area (Å²) in [7, 11) is 0. The molecule has 156 valence electrons. The van der Waals surface area contributed by atoms with Crippen molar-refractivity contribution in [2.24, 2.45) is 0 Å². The van der Waals surface area contributed by atoms with Crippen molar-refractivity contribution < 1.29 is 14.6 Å². The Balaban J connectivity index is 1.35. The van der Waals surface area contributed by atoms with Crippen molar-refractivity contribution in [1.82, 2.24) is 9.80 Å². The molecule has 0 radical (unpaired) electrons. The zero-order valence-electron chi connectivity index (χ0n) is 17.1. The van der Waals surface area contributed by atoms with Crippen LogP contribution in [0.3, 0.4) is 0 Å². The van der Waals surface area contributed by atoms with Crippen LogP contribution in [0.1, 0.15) is 12.5 Å². The van der Waals surface area contributed by atoms with Gasteiger partial charge in [0, 0.05) is 38.4 Å². The number of anilines is 1. The number of β-amino-alcohol motifs (C(OH)–C–C–N with tert-alkyl or cyclic N) is 1. The van der Waals surface area contributed by atoms with Crippen LogP contribution in [0.5, 0.6) is 5.75 Å². The van der Waals surface area contributed by atoms with Gasteiger partial charge in [0.1, 0.15) is 18.5 Å². The topological polar surface area (TPSA) is 65.0 Å². The van der Waals surface area contributed by atoms with Crippen molar-refractivity contribution in [2.75, 3.05) is 51.2 Å². The number of aliphatic hydroxyl groups is 1. The summed E-state index contributed by atoms with van der Waals surface area (Å²) in [4.78, 5) is 16.6. The van der Waals surface area contributed by atoms with Gasteiger partial charge in [0.15, 0.2) is 0 Å². The minimum atomic E-state index is -0.534. The highest BCUT2D eigenvalue weighted by molar-refractivity contribution is 5.92. The Bertz CT molecular complexity index is 761. The lowest BCUT2D eigenvalue weighted by atomic mass is 10.1. The van der Waals surface area contributed by atoms with Gasteiger partial charge in [-0.15, -0.1) is 0 Å². The number of aryl methyl sites for hydroxylation is 1. The molecule has 0 bridgehead atoms. The number of carbonyl (C=O) groups excluding carboxylic acids is 1. The number of nitrogens with one attached hydrogen (secondary N) is 1. The molecule has 2 aromatic carbocycles. The Morgan fingerprint density at radius 1 is 1.03 bits per heavy atom. The van der Waals surface area contributed by atoms with Gasteiger partial charge in [0.25, 0.3) is 0 Å². The molecular formula is C23H31N3O3. The van der Waals surface area contributed by atoms with Crippen molar-refractivity contribution in [3.63, 3.8) is 0 Å². The Morgan fingerprint density at radius 3 is 2.41 bits per heavy atom. The first-order chi connectivity index (χ1) is 14.1. The van der Waals surface area contributed by atoms with Gasteiger partial charge in [-0.25, -0.2) is 0 Å². The van der Waals surface area contributed by atoms with Crippen LogP contribution < -0.4 is 10.1 Å². The fraction of sp³-hybridized carbons (Fsp3) is 0.435. The van der Waals surface area contributed by atoms with E-state index in [2.05, 4.69) is 28.1 Å². The molecule has 29 heavy (non-hydrogen) atoms. The number of benzene rings is 2. The summed E-state index contributed by atoms with van der Waals surface area (Å²) in [5, 5.41) is 13.3. The molecule has 6 nitrogen and oxygen atoms in total. The number of amides is 1. The maximum atomic E-state index is 12.2. The largest absolute Gasteiger partial charge is 0.491 e. The summed E-state index contributed by atoms with van der Waals surface area (Å²) in [6.45, 7) is 6.65. The van der Waals surface area contributed by atoms with Crippen molar-refractivity contribution in [3.05, 3.63) is 60.2 Å². The third-order valence-electron chi connectivity index (χ3n) is 5.14. The number of hydrogen-bond acceptors (Lipinski definition) is 5. The monoisotopic (exact) mass is 397 g/mol. The molecule has 1 amide bonds. The third-order valence-corrected chi connectivity index (χ3v) is 5.14. The first-order valence-corrected chi connectivity index (χ1v) is 10.3. The highest BCUT2D eigenvalue weighted by atomic mass is 16.5. The molecule has 0 aromatic heterocycles. The number of ether oxygens (including phenoxy) is 1. The Morgan fingerprint density at radius 2 is 1.69 bits per heavy atom. The molecule has 1 aliphatic heterocycles. The van der Waals surface area contributed by atoms with Gasteiger partial charge in [-0.1, -0.05) is 43.3 Å². The second-order valence-corrected chi connectivity index (χ2v) is 7.42. The van der Waals surface area contributed by atoms with Crippen molar-refractivity contribution in [2.45, 2.75) is 19.4 Å². The number of rotatable bonds is 9. The number of piperazine rings is 1. The van der Waals surface area contributed by atoms with E-state index in [0.717, 1.165) is 49.6 Å². The minimum Gasteiger partial charge on any atom is -0.491 e. The van der Waals surface area contributed by atoms with Crippen LogP contribution in [0, 0.1) is 0 Å². The van der Waals surface area contributed by atoms with Gasteiger partial charge in [0.05, 0.1) is 6.54 Å². The molecule has 1 unspecified atom stereocenters. The van der Waals surface area contributed by atoms with Crippen LogP contribution in [-0.4, -0.2) is 72.8 Å². The molecule has 1 atom stereocenters. The van der Waals surface area contributed by atoms with Crippen LogP contribution in [0.2, 0.25) is 0 Å². The SMILES string of the molecule is CCc1ccccc1OCC(O)CN1CCN(CC(=O)Nc2ccccc2)CC1. The smallest absolute Gasteiger partial charge is 0.238 e. The molecule has 0 spiro atoms. The molecule has 3 rings (SSSR count). The highest BCUT2D eigenvalue weighted by Gasteiger charge is 2.21. The minimum absolute atomic E-state index is 0.00711. The molecule has 6 heteroatoms. The van der Waals surface area contributed by atoms with Crippen LogP contribution >= 0.6 is 0 Å². The second kappa shape index (κ2) is 11.0. The van der Waals surface area contributed by atoms with E-state index in [4.69, 9.17) is 4.74 Å². The number of carbonyl (C=O) groups is 1. The predicted molar refractivity (Wildman–Crippen MR) is 115 cm³/mol. The van der Waals surface area contributed by atoms with E-state index in [9.17, 15) is 9.90 Å². The Kier molecular flexibility index (Phi) is 8.04. The standard InChI is InChI=1S/C23H31N3O3/c1-2-19-8-6-7-11-22(19)29-18-21(27)16-25-12-14-26(15-13-25)17-23(28)24-20-9-4-3-5-10-20/h3-11,21,27H,2,12-18H2,1H3,(H,24,28). The van der Waals surface area contributed by atoms with E-state index in [1.54, 1.807) is 0 Å². The summed E-state index contributed by atoms with van der Waals surface area (Å²) < 4.78 is 5.82. The predicted octanol–water partition coefficient (Wildman–Crippen LogP) is 2.24. The average Bonchev–Trinajstić information content (AvgIpc) is 2.74. The lowest BCUT2D eigenvalue weighted by Gasteiger charge is -2.35. The van der Waals surface area contributed by atoms with E-state index in [1.807, 2.05) is 48.5 Å². The zero-order valence-corrected chi connectivity index (χ0v) is 17.1. The zero-order chi connectivity index (χ0) is 20.5. The molecule has 2 aromatic rings. The fourth-order valence-corrected chi connectivity index (χ4v) is 3.53. The number of aliphatic hydroxyl groups excluding tert-OH is 1. The Labute approximate surface area is 173 Å². The summed E-state index contributed by atoms with van der Waals surface area (Å²) in [6.07, 6.45) is 0.374. The summed E-state index contributed by atoms with van der Waals surface area (Å²) in [5.41, 5.74) is 1.98.